The second kappa shape index (κ2) is 6.14. The first-order valence-corrected chi connectivity index (χ1v) is 6.97. The van der Waals surface area contributed by atoms with Gasteiger partial charge in [0.1, 0.15) is 0 Å². The van der Waals surface area contributed by atoms with Crippen LogP contribution in [0.1, 0.15) is 20.8 Å². The van der Waals surface area contributed by atoms with Crippen molar-refractivity contribution in [3.05, 3.63) is 0 Å². The highest BCUT2D eigenvalue weighted by molar-refractivity contribution is 4.79. The van der Waals surface area contributed by atoms with Gasteiger partial charge in [0.2, 0.25) is 0 Å². The van der Waals surface area contributed by atoms with Crippen LogP contribution in [0.3, 0.4) is 0 Å². The minimum Gasteiger partial charge on any atom is -0.371 e. The van der Waals surface area contributed by atoms with Crippen LogP contribution in [0, 0.1) is 0 Å². The van der Waals surface area contributed by atoms with Gasteiger partial charge < -0.3 is 10.1 Å². The molecule has 0 spiro atoms. The summed E-state index contributed by atoms with van der Waals surface area (Å²) in [5.41, 5.74) is 0. The third-order valence-electron chi connectivity index (χ3n) is 3.83. The maximum absolute atomic E-state index is 5.95. The van der Waals surface area contributed by atoms with Crippen LogP contribution in [-0.4, -0.2) is 73.9 Å². The van der Waals surface area contributed by atoms with E-state index >= 15 is 0 Å². The molecule has 0 radical (unpaired) electrons. The van der Waals surface area contributed by atoms with Crippen LogP contribution in [0.15, 0.2) is 0 Å². The Morgan fingerprint density at radius 2 is 1.88 bits per heavy atom. The summed E-state index contributed by atoms with van der Waals surface area (Å²) in [5.74, 6) is 0. The van der Waals surface area contributed by atoms with E-state index in [0.29, 0.717) is 18.2 Å². The largest absolute Gasteiger partial charge is 0.371 e. The maximum Gasteiger partial charge on any atom is 0.0830 e. The van der Waals surface area contributed by atoms with E-state index in [1.807, 2.05) is 0 Å². The van der Waals surface area contributed by atoms with Gasteiger partial charge in [-0.3, -0.25) is 9.80 Å². The lowest BCUT2D eigenvalue weighted by Crippen LogP contribution is -2.54. The van der Waals surface area contributed by atoms with Gasteiger partial charge >= 0.3 is 0 Å². The maximum atomic E-state index is 5.95. The predicted molar refractivity (Wildman–Crippen MR) is 70.4 cm³/mol. The molecule has 4 heteroatoms. The topological polar surface area (TPSA) is 27.7 Å². The summed E-state index contributed by atoms with van der Waals surface area (Å²) in [6, 6.07) is 0.685. The van der Waals surface area contributed by atoms with Gasteiger partial charge in [-0.05, 0) is 20.8 Å². The zero-order chi connectivity index (χ0) is 12.3. The molecule has 0 aromatic rings. The Balaban J connectivity index is 1.70. The Hall–Kier alpha value is -0.160. The monoisotopic (exact) mass is 241 g/mol. The van der Waals surface area contributed by atoms with Crippen molar-refractivity contribution in [3.8, 4) is 0 Å². The molecule has 2 aliphatic rings. The average molecular weight is 241 g/mol. The molecule has 17 heavy (non-hydrogen) atoms. The van der Waals surface area contributed by atoms with Gasteiger partial charge in [0.25, 0.3) is 0 Å². The SMILES string of the molecule is CC(C)N1CCN(C[C@@H]2CNC[C@@H](C)O2)CC1. The molecule has 0 amide bonds. The zero-order valence-electron chi connectivity index (χ0n) is 11.5. The van der Waals surface area contributed by atoms with Crippen molar-refractivity contribution in [2.45, 2.75) is 39.0 Å². The van der Waals surface area contributed by atoms with E-state index < -0.39 is 0 Å². The van der Waals surface area contributed by atoms with Gasteiger partial charge in [0, 0.05) is 51.9 Å². The summed E-state index contributed by atoms with van der Waals surface area (Å²) < 4.78 is 5.95. The van der Waals surface area contributed by atoms with Gasteiger partial charge in [0.05, 0.1) is 12.2 Å². The number of hydrogen-bond acceptors (Lipinski definition) is 4. The van der Waals surface area contributed by atoms with Gasteiger partial charge in [-0.25, -0.2) is 0 Å². The standard InChI is InChI=1S/C13H27N3O/c1-11(2)16-6-4-15(5-7-16)10-13-9-14-8-12(3)17-13/h11-14H,4-10H2,1-3H3/t12-,13+/m1/s1. The fourth-order valence-corrected chi connectivity index (χ4v) is 2.73. The fourth-order valence-electron chi connectivity index (χ4n) is 2.73. The van der Waals surface area contributed by atoms with E-state index in [4.69, 9.17) is 4.74 Å². The minimum atomic E-state index is 0.366. The molecule has 4 nitrogen and oxygen atoms in total. The van der Waals surface area contributed by atoms with Crippen molar-refractivity contribution in [1.29, 1.82) is 0 Å². The van der Waals surface area contributed by atoms with E-state index in [0.717, 1.165) is 19.6 Å². The molecule has 0 aliphatic carbocycles. The minimum absolute atomic E-state index is 0.366. The number of piperazine rings is 1. The van der Waals surface area contributed by atoms with Gasteiger partial charge in [-0.2, -0.15) is 0 Å². The third kappa shape index (κ3) is 3.91. The molecular weight excluding hydrogens is 214 g/mol. The summed E-state index contributed by atoms with van der Waals surface area (Å²) in [6.45, 7) is 14.6. The molecule has 0 bridgehead atoms. The predicted octanol–water partition coefficient (Wildman–Crippen LogP) is 0.389. The first-order chi connectivity index (χ1) is 8.15. The number of nitrogens with one attached hydrogen (secondary N) is 1. The van der Waals surface area contributed by atoms with E-state index in [1.165, 1.54) is 26.2 Å². The van der Waals surface area contributed by atoms with Gasteiger partial charge in [0.15, 0.2) is 0 Å². The van der Waals surface area contributed by atoms with Gasteiger partial charge in [-0.15, -0.1) is 0 Å². The van der Waals surface area contributed by atoms with E-state index in [2.05, 4.69) is 35.9 Å². The average Bonchev–Trinajstić information content (AvgIpc) is 2.29. The second-order valence-corrected chi connectivity index (χ2v) is 5.66. The Morgan fingerprint density at radius 1 is 1.18 bits per heavy atom. The molecule has 0 aromatic heterocycles. The number of rotatable bonds is 3. The van der Waals surface area contributed by atoms with Gasteiger partial charge in [-0.1, -0.05) is 0 Å². The van der Waals surface area contributed by atoms with Crippen molar-refractivity contribution in [1.82, 2.24) is 15.1 Å². The van der Waals surface area contributed by atoms with Crippen LogP contribution in [0.4, 0.5) is 0 Å². The molecule has 2 rings (SSSR count). The molecule has 0 aromatic carbocycles. The van der Waals surface area contributed by atoms with Crippen molar-refractivity contribution in [2.75, 3.05) is 45.8 Å². The zero-order valence-corrected chi connectivity index (χ0v) is 11.5. The molecule has 0 unspecified atom stereocenters. The number of ether oxygens (including phenoxy) is 1. The first-order valence-electron chi connectivity index (χ1n) is 6.97. The molecule has 2 saturated heterocycles. The number of nitrogens with zero attached hydrogens (tertiary/aromatic N) is 2. The Kier molecular flexibility index (Phi) is 4.79. The lowest BCUT2D eigenvalue weighted by Gasteiger charge is -2.39. The third-order valence-corrected chi connectivity index (χ3v) is 3.83. The second-order valence-electron chi connectivity index (χ2n) is 5.66. The van der Waals surface area contributed by atoms with Crippen LogP contribution in [0.5, 0.6) is 0 Å². The fraction of sp³-hybridized carbons (Fsp3) is 1.00. The molecule has 2 atom stereocenters. The van der Waals surface area contributed by atoms with Crippen LogP contribution < -0.4 is 5.32 Å². The molecule has 2 heterocycles. The molecule has 100 valence electrons. The highest BCUT2D eigenvalue weighted by Crippen LogP contribution is 2.09. The van der Waals surface area contributed by atoms with E-state index in [-0.39, 0.29) is 0 Å². The highest BCUT2D eigenvalue weighted by atomic mass is 16.5. The Bertz CT molecular complexity index is 227. The van der Waals surface area contributed by atoms with Crippen LogP contribution in [-0.2, 0) is 4.74 Å². The molecule has 0 saturated carbocycles. The summed E-state index contributed by atoms with van der Waals surface area (Å²) in [7, 11) is 0. The summed E-state index contributed by atoms with van der Waals surface area (Å²) >= 11 is 0. The molecule has 2 fully saturated rings. The molecule has 2 aliphatic heterocycles. The summed E-state index contributed by atoms with van der Waals surface area (Å²) in [4.78, 5) is 5.10. The van der Waals surface area contributed by atoms with Crippen molar-refractivity contribution in [3.63, 3.8) is 0 Å². The van der Waals surface area contributed by atoms with Crippen LogP contribution in [0.25, 0.3) is 0 Å². The van der Waals surface area contributed by atoms with Crippen molar-refractivity contribution < 1.29 is 4.74 Å². The summed E-state index contributed by atoms with van der Waals surface area (Å²) in [5, 5.41) is 3.44. The molecular formula is C13H27N3O. The lowest BCUT2D eigenvalue weighted by atomic mass is 10.2. The number of morpholine rings is 1. The van der Waals surface area contributed by atoms with Crippen molar-refractivity contribution in [2.24, 2.45) is 0 Å². The quantitative estimate of drug-likeness (QED) is 0.773. The lowest BCUT2D eigenvalue weighted by molar-refractivity contribution is -0.0483. The Morgan fingerprint density at radius 3 is 2.47 bits per heavy atom. The summed E-state index contributed by atoms with van der Waals surface area (Å²) in [6.07, 6.45) is 0.745. The highest BCUT2D eigenvalue weighted by Gasteiger charge is 2.24. The van der Waals surface area contributed by atoms with Crippen LogP contribution >= 0.6 is 0 Å². The smallest absolute Gasteiger partial charge is 0.0830 e. The van der Waals surface area contributed by atoms with Crippen LogP contribution in [0.2, 0.25) is 0 Å². The van der Waals surface area contributed by atoms with E-state index in [9.17, 15) is 0 Å². The Labute approximate surface area is 105 Å². The number of hydrogen-bond donors (Lipinski definition) is 1. The first kappa shape index (κ1) is 13.3. The van der Waals surface area contributed by atoms with E-state index in [1.54, 1.807) is 0 Å². The normalized spacial score (nSPS) is 33.2. The van der Waals surface area contributed by atoms with Crippen molar-refractivity contribution >= 4 is 0 Å². The molecule has 1 N–H and O–H groups in total.